The van der Waals surface area contributed by atoms with Gasteiger partial charge >= 0.3 is 0 Å². The summed E-state index contributed by atoms with van der Waals surface area (Å²) in [6.45, 7) is 3.18. The molecule has 0 unspecified atom stereocenters. The fourth-order valence-corrected chi connectivity index (χ4v) is 6.12. The van der Waals surface area contributed by atoms with Crippen molar-refractivity contribution in [1.82, 2.24) is 9.29 Å². The quantitative estimate of drug-likeness (QED) is 0.508. The SMILES string of the molecule is CCOc1ccc(NC(=O)COCc2nc3ccccc3s2)cc1S(=O)(=O)N1CCCC1. The molecule has 1 amide bonds. The molecule has 0 saturated carbocycles. The van der Waals surface area contributed by atoms with E-state index in [-0.39, 0.29) is 29.8 Å². The molecule has 10 heteroatoms. The van der Waals surface area contributed by atoms with Crippen LogP contribution in [0.1, 0.15) is 24.8 Å². The second-order valence-electron chi connectivity index (χ2n) is 7.32. The summed E-state index contributed by atoms with van der Waals surface area (Å²) in [5.74, 6) is -0.0933. The zero-order valence-electron chi connectivity index (χ0n) is 17.7. The molecular weight excluding hydrogens is 450 g/mol. The number of benzene rings is 2. The molecule has 1 aliphatic heterocycles. The zero-order chi connectivity index (χ0) is 22.6. The van der Waals surface area contributed by atoms with Gasteiger partial charge in [0, 0.05) is 18.8 Å². The largest absolute Gasteiger partial charge is 0.492 e. The maximum Gasteiger partial charge on any atom is 0.250 e. The molecule has 1 fully saturated rings. The Morgan fingerprint density at radius 2 is 1.97 bits per heavy atom. The van der Waals surface area contributed by atoms with E-state index in [2.05, 4.69) is 10.3 Å². The zero-order valence-corrected chi connectivity index (χ0v) is 19.4. The monoisotopic (exact) mass is 475 g/mol. The van der Waals surface area contributed by atoms with E-state index in [4.69, 9.17) is 9.47 Å². The van der Waals surface area contributed by atoms with Crippen LogP contribution in [0.4, 0.5) is 5.69 Å². The van der Waals surface area contributed by atoms with Crippen LogP contribution in [-0.2, 0) is 26.2 Å². The second kappa shape index (κ2) is 9.95. The van der Waals surface area contributed by atoms with Crippen molar-refractivity contribution in [2.24, 2.45) is 0 Å². The number of ether oxygens (including phenoxy) is 2. The number of hydrogen-bond donors (Lipinski definition) is 1. The number of sulfonamides is 1. The number of nitrogens with zero attached hydrogens (tertiary/aromatic N) is 2. The molecule has 170 valence electrons. The first-order chi connectivity index (χ1) is 15.5. The van der Waals surface area contributed by atoms with Crippen molar-refractivity contribution >= 4 is 43.2 Å². The van der Waals surface area contributed by atoms with Crippen molar-refractivity contribution in [3.8, 4) is 5.75 Å². The summed E-state index contributed by atoms with van der Waals surface area (Å²) in [4.78, 5) is 16.9. The Kier molecular flexibility index (Phi) is 7.04. The van der Waals surface area contributed by atoms with E-state index < -0.39 is 10.0 Å². The van der Waals surface area contributed by atoms with Gasteiger partial charge in [-0.15, -0.1) is 11.3 Å². The molecule has 2 aromatic carbocycles. The summed E-state index contributed by atoms with van der Waals surface area (Å²) < 4.78 is 39.7. The number of thiazole rings is 1. The Hall–Kier alpha value is -2.53. The summed E-state index contributed by atoms with van der Waals surface area (Å²) in [5, 5.41) is 3.50. The molecule has 0 radical (unpaired) electrons. The average molecular weight is 476 g/mol. The van der Waals surface area contributed by atoms with Crippen LogP contribution >= 0.6 is 11.3 Å². The second-order valence-corrected chi connectivity index (χ2v) is 10.3. The van der Waals surface area contributed by atoms with Crippen molar-refractivity contribution in [1.29, 1.82) is 0 Å². The van der Waals surface area contributed by atoms with Crippen LogP contribution in [0.15, 0.2) is 47.4 Å². The van der Waals surface area contributed by atoms with Gasteiger partial charge in [-0.2, -0.15) is 4.31 Å². The number of para-hydroxylation sites is 1. The van der Waals surface area contributed by atoms with Gasteiger partial charge < -0.3 is 14.8 Å². The molecule has 0 aliphatic carbocycles. The van der Waals surface area contributed by atoms with Crippen LogP contribution in [0.3, 0.4) is 0 Å². The van der Waals surface area contributed by atoms with Gasteiger partial charge in [-0.1, -0.05) is 12.1 Å². The lowest BCUT2D eigenvalue weighted by Crippen LogP contribution is -2.28. The predicted octanol–water partition coefficient (Wildman–Crippen LogP) is 3.63. The Bertz CT molecular complexity index is 1170. The molecule has 32 heavy (non-hydrogen) atoms. The van der Waals surface area contributed by atoms with Gasteiger partial charge in [-0.05, 0) is 50.1 Å². The van der Waals surface area contributed by atoms with Crippen molar-refractivity contribution in [2.45, 2.75) is 31.3 Å². The smallest absolute Gasteiger partial charge is 0.250 e. The number of aromatic nitrogens is 1. The minimum atomic E-state index is -3.70. The van der Waals surface area contributed by atoms with E-state index in [1.54, 1.807) is 19.1 Å². The third-order valence-electron chi connectivity index (χ3n) is 5.01. The van der Waals surface area contributed by atoms with Crippen LogP contribution in [0, 0.1) is 0 Å². The van der Waals surface area contributed by atoms with E-state index in [1.807, 2.05) is 24.3 Å². The number of nitrogens with one attached hydrogen (secondary N) is 1. The van der Waals surface area contributed by atoms with E-state index in [0.29, 0.717) is 25.4 Å². The first-order valence-corrected chi connectivity index (χ1v) is 12.7. The molecule has 0 spiro atoms. The summed E-state index contributed by atoms with van der Waals surface area (Å²) in [6.07, 6.45) is 1.68. The molecular formula is C22H25N3O5S2. The van der Waals surface area contributed by atoms with Gasteiger partial charge in [0.25, 0.3) is 0 Å². The maximum absolute atomic E-state index is 13.1. The third-order valence-corrected chi connectivity index (χ3v) is 7.94. The molecule has 0 bridgehead atoms. The molecule has 2 heterocycles. The van der Waals surface area contributed by atoms with Gasteiger partial charge in [0.2, 0.25) is 15.9 Å². The summed E-state index contributed by atoms with van der Waals surface area (Å²) in [5.41, 5.74) is 1.28. The highest BCUT2D eigenvalue weighted by atomic mass is 32.2. The number of anilines is 1. The maximum atomic E-state index is 13.1. The summed E-state index contributed by atoms with van der Waals surface area (Å²) in [6, 6.07) is 12.4. The normalized spacial score (nSPS) is 14.7. The molecule has 4 rings (SSSR count). The van der Waals surface area contributed by atoms with Crippen molar-refractivity contribution < 1.29 is 22.7 Å². The molecule has 8 nitrogen and oxygen atoms in total. The number of fused-ring (bicyclic) bond motifs is 1. The number of amides is 1. The van der Waals surface area contributed by atoms with Crippen molar-refractivity contribution in [3.05, 3.63) is 47.5 Å². The van der Waals surface area contributed by atoms with Crippen LogP contribution < -0.4 is 10.1 Å². The fourth-order valence-electron chi connectivity index (χ4n) is 3.54. The predicted molar refractivity (Wildman–Crippen MR) is 124 cm³/mol. The summed E-state index contributed by atoms with van der Waals surface area (Å²) in [7, 11) is -3.70. The minimum Gasteiger partial charge on any atom is -0.492 e. The highest BCUT2D eigenvalue weighted by molar-refractivity contribution is 7.89. The van der Waals surface area contributed by atoms with Gasteiger partial charge in [-0.3, -0.25) is 4.79 Å². The first-order valence-electron chi connectivity index (χ1n) is 10.5. The number of hydrogen-bond acceptors (Lipinski definition) is 7. The van der Waals surface area contributed by atoms with E-state index in [1.165, 1.54) is 21.7 Å². The van der Waals surface area contributed by atoms with Crippen LogP contribution in [0.2, 0.25) is 0 Å². The summed E-state index contributed by atoms with van der Waals surface area (Å²) >= 11 is 1.52. The average Bonchev–Trinajstić information content (AvgIpc) is 3.45. The Balaban J connectivity index is 1.41. The van der Waals surface area contributed by atoms with E-state index in [0.717, 1.165) is 28.1 Å². The Morgan fingerprint density at radius 1 is 1.19 bits per heavy atom. The van der Waals surface area contributed by atoms with Gasteiger partial charge in [0.15, 0.2) is 0 Å². The lowest BCUT2D eigenvalue weighted by Gasteiger charge is -2.19. The molecule has 1 saturated heterocycles. The van der Waals surface area contributed by atoms with Gasteiger partial charge in [-0.25, -0.2) is 13.4 Å². The van der Waals surface area contributed by atoms with Crippen LogP contribution in [0.5, 0.6) is 5.75 Å². The standard InChI is InChI=1S/C22H25N3O5S2/c1-2-30-18-10-9-16(13-20(18)32(27,28)25-11-5-6-12-25)23-21(26)14-29-15-22-24-17-7-3-4-8-19(17)31-22/h3-4,7-10,13H,2,5-6,11-12,14-15H2,1H3,(H,23,26). The molecule has 1 aliphatic rings. The molecule has 0 atom stereocenters. The van der Waals surface area contributed by atoms with E-state index in [9.17, 15) is 13.2 Å². The fraction of sp³-hybridized carbons (Fsp3) is 0.364. The molecule has 1 N–H and O–H groups in total. The highest BCUT2D eigenvalue weighted by Gasteiger charge is 2.30. The molecule has 3 aromatic rings. The third kappa shape index (κ3) is 5.09. The van der Waals surface area contributed by atoms with Crippen LogP contribution in [0.25, 0.3) is 10.2 Å². The first kappa shape index (κ1) is 22.7. The van der Waals surface area contributed by atoms with Gasteiger partial charge in [0.1, 0.15) is 22.3 Å². The van der Waals surface area contributed by atoms with Crippen LogP contribution in [-0.4, -0.2) is 49.9 Å². The van der Waals surface area contributed by atoms with Crippen molar-refractivity contribution in [2.75, 3.05) is 31.6 Å². The topological polar surface area (TPSA) is 97.8 Å². The number of carbonyl (C=O) groups excluding carboxylic acids is 1. The highest BCUT2D eigenvalue weighted by Crippen LogP contribution is 2.31. The number of carbonyl (C=O) groups is 1. The lowest BCUT2D eigenvalue weighted by atomic mass is 10.3. The Labute approximate surface area is 191 Å². The Morgan fingerprint density at radius 3 is 2.72 bits per heavy atom. The van der Waals surface area contributed by atoms with Gasteiger partial charge in [0.05, 0.1) is 23.4 Å². The minimum absolute atomic E-state index is 0.0643. The lowest BCUT2D eigenvalue weighted by molar-refractivity contribution is -0.121. The van der Waals surface area contributed by atoms with Crippen molar-refractivity contribution in [3.63, 3.8) is 0 Å². The number of rotatable bonds is 9. The molecule has 1 aromatic heterocycles. The van der Waals surface area contributed by atoms with E-state index >= 15 is 0 Å².